The summed E-state index contributed by atoms with van der Waals surface area (Å²) in [7, 11) is 1.64. The molecule has 7 heteroatoms. The summed E-state index contributed by atoms with van der Waals surface area (Å²) in [5, 5.41) is 7.24. The fourth-order valence-electron chi connectivity index (χ4n) is 1.12. The van der Waals surface area contributed by atoms with Crippen LogP contribution in [-0.2, 0) is 4.18 Å². The normalized spacial score (nSPS) is 9.94. The minimum absolute atomic E-state index is 0.475. The van der Waals surface area contributed by atoms with Crippen molar-refractivity contribution in [2.45, 2.75) is 0 Å². The maximum Gasteiger partial charge on any atom is 0.427 e. The molecule has 0 atom stereocenters. The first-order valence-corrected chi connectivity index (χ1v) is 5.51. The van der Waals surface area contributed by atoms with E-state index in [1.54, 1.807) is 13.2 Å². The summed E-state index contributed by atoms with van der Waals surface area (Å²) in [6.07, 6.45) is 2.61. The van der Waals surface area contributed by atoms with Gasteiger partial charge in [0.25, 0.3) is 0 Å². The molecule has 1 aromatic carbocycles. The molecule has 0 unspecified atom stereocenters. The third-order valence-electron chi connectivity index (χ3n) is 2.00. The lowest BCUT2D eigenvalue weighted by Gasteiger charge is -2.15. The van der Waals surface area contributed by atoms with E-state index in [1.165, 1.54) is 15.2 Å². The number of rotatable bonds is 3. The molecule has 0 spiro atoms. The van der Waals surface area contributed by atoms with Crippen molar-refractivity contribution in [1.82, 2.24) is 14.4 Å². The zero-order chi connectivity index (χ0) is 12.1. The average molecular weight is 250 g/mol. The third-order valence-corrected chi connectivity index (χ3v) is 2.57. The van der Waals surface area contributed by atoms with Crippen LogP contribution in [0.1, 0.15) is 0 Å². The van der Waals surface area contributed by atoms with E-state index >= 15 is 0 Å². The monoisotopic (exact) mass is 250 g/mol. The van der Waals surface area contributed by atoms with E-state index < -0.39 is 6.09 Å². The zero-order valence-electron chi connectivity index (χ0n) is 9.06. The Bertz CT molecular complexity index is 474. The van der Waals surface area contributed by atoms with Gasteiger partial charge in [0.2, 0.25) is 12.2 Å². The van der Waals surface area contributed by atoms with Crippen molar-refractivity contribution in [1.29, 1.82) is 0 Å². The second-order valence-corrected chi connectivity index (χ2v) is 3.81. The van der Waals surface area contributed by atoms with Gasteiger partial charge in [-0.2, -0.15) is 4.09 Å². The van der Waals surface area contributed by atoms with Gasteiger partial charge in [0.1, 0.15) is 0 Å². The minimum atomic E-state index is -0.475. The van der Waals surface area contributed by atoms with E-state index in [1.807, 2.05) is 30.3 Å². The van der Waals surface area contributed by atoms with Gasteiger partial charge in [0.15, 0.2) is 0 Å². The highest BCUT2D eigenvalue weighted by atomic mass is 32.2. The summed E-state index contributed by atoms with van der Waals surface area (Å²) in [5.41, 5.74) is 0.761. The lowest BCUT2D eigenvalue weighted by molar-refractivity contribution is 0.216. The van der Waals surface area contributed by atoms with Crippen molar-refractivity contribution in [2.75, 3.05) is 11.9 Å². The Balaban J connectivity index is 1.92. The molecule has 6 nitrogen and oxygen atoms in total. The molecule has 1 heterocycles. The van der Waals surface area contributed by atoms with Gasteiger partial charge in [-0.25, -0.2) is 4.79 Å². The summed E-state index contributed by atoms with van der Waals surface area (Å²) < 4.78 is 6.31. The van der Waals surface area contributed by atoms with Crippen LogP contribution in [0, 0.1) is 0 Å². The Kier molecular flexibility index (Phi) is 3.61. The predicted molar refractivity (Wildman–Crippen MR) is 64.3 cm³/mol. The predicted octanol–water partition coefficient (Wildman–Crippen LogP) is 1.96. The Morgan fingerprint density at radius 3 is 2.82 bits per heavy atom. The molecule has 0 aliphatic rings. The molecule has 0 N–H and O–H groups in total. The Morgan fingerprint density at radius 1 is 1.41 bits per heavy atom. The van der Waals surface area contributed by atoms with Crippen LogP contribution in [0.4, 0.5) is 10.5 Å². The second-order valence-electron chi connectivity index (χ2n) is 3.12. The van der Waals surface area contributed by atoms with Crippen LogP contribution in [-0.4, -0.2) is 27.5 Å². The van der Waals surface area contributed by atoms with Crippen molar-refractivity contribution < 1.29 is 8.98 Å². The van der Waals surface area contributed by atoms with Gasteiger partial charge in [-0.05, 0) is 12.1 Å². The van der Waals surface area contributed by atoms with Gasteiger partial charge in [-0.3, -0.25) is 4.90 Å². The van der Waals surface area contributed by atoms with Gasteiger partial charge < -0.3 is 4.18 Å². The standard InChI is InChI=1S/C10H10N4O2S/c1-13(9-5-3-2-4-6-9)10(15)16-17-14-8-7-11-12-14/h2-8H,1H3. The van der Waals surface area contributed by atoms with Crippen molar-refractivity contribution in [2.24, 2.45) is 0 Å². The number of nitrogens with zero attached hydrogens (tertiary/aromatic N) is 4. The first-order chi connectivity index (χ1) is 8.27. The third kappa shape index (κ3) is 2.97. The SMILES string of the molecule is CN(C(=O)OSn1ccnn1)c1ccccc1. The fraction of sp³-hybridized carbons (Fsp3) is 0.100. The van der Waals surface area contributed by atoms with Gasteiger partial charge in [-0.1, -0.05) is 23.4 Å². The molecule has 0 aliphatic heterocycles. The lowest BCUT2D eigenvalue weighted by atomic mass is 10.3. The molecule has 1 amide bonds. The highest BCUT2D eigenvalue weighted by Gasteiger charge is 2.13. The molecule has 0 radical (unpaired) electrons. The molecule has 0 saturated carbocycles. The summed E-state index contributed by atoms with van der Waals surface area (Å²) in [4.78, 5) is 13.1. The Labute approximate surface area is 103 Å². The van der Waals surface area contributed by atoms with Crippen molar-refractivity contribution in [3.63, 3.8) is 0 Å². The number of para-hydroxylation sites is 1. The Hall–Kier alpha value is -2.02. The highest BCUT2D eigenvalue weighted by Crippen LogP contribution is 2.15. The van der Waals surface area contributed by atoms with Crippen LogP contribution in [0.5, 0.6) is 0 Å². The molecule has 0 fully saturated rings. The summed E-state index contributed by atoms with van der Waals surface area (Å²) >= 11 is 0.810. The van der Waals surface area contributed by atoms with Gasteiger partial charge in [0, 0.05) is 12.7 Å². The van der Waals surface area contributed by atoms with Crippen LogP contribution in [0.15, 0.2) is 42.7 Å². The lowest BCUT2D eigenvalue weighted by Crippen LogP contribution is -2.25. The topological polar surface area (TPSA) is 60.2 Å². The molecule has 2 aromatic rings. The maximum atomic E-state index is 11.7. The quantitative estimate of drug-likeness (QED) is 0.779. The average Bonchev–Trinajstić information content (AvgIpc) is 2.89. The molecule has 0 saturated heterocycles. The van der Waals surface area contributed by atoms with Crippen LogP contribution >= 0.6 is 12.2 Å². The van der Waals surface area contributed by atoms with E-state index in [0.29, 0.717) is 0 Å². The number of anilines is 1. The second kappa shape index (κ2) is 5.35. The smallest absolute Gasteiger partial charge is 0.350 e. The molecule has 2 rings (SSSR count). The number of benzene rings is 1. The highest BCUT2D eigenvalue weighted by molar-refractivity contribution is 7.93. The van der Waals surface area contributed by atoms with Crippen molar-refractivity contribution >= 4 is 24.0 Å². The van der Waals surface area contributed by atoms with E-state index in [2.05, 4.69) is 10.3 Å². The Morgan fingerprint density at radius 2 is 2.18 bits per heavy atom. The number of aromatic nitrogens is 3. The zero-order valence-corrected chi connectivity index (χ0v) is 9.87. The number of carbonyl (C=O) groups is 1. The first kappa shape index (κ1) is 11.5. The summed E-state index contributed by atoms with van der Waals surface area (Å²) in [6.45, 7) is 0. The van der Waals surface area contributed by atoms with Crippen LogP contribution < -0.4 is 4.90 Å². The minimum Gasteiger partial charge on any atom is -0.350 e. The van der Waals surface area contributed by atoms with Gasteiger partial charge >= 0.3 is 6.09 Å². The molecular weight excluding hydrogens is 240 g/mol. The van der Waals surface area contributed by atoms with Crippen molar-refractivity contribution in [3.8, 4) is 0 Å². The molecule has 1 aromatic heterocycles. The van der Waals surface area contributed by atoms with Crippen LogP contribution in [0.25, 0.3) is 0 Å². The molecule has 17 heavy (non-hydrogen) atoms. The molecule has 0 aliphatic carbocycles. The largest absolute Gasteiger partial charge is 0.427 e. The maximum absolute atomic E-state index is 11.7. The molecule has 88 valence electrons. The summed E-state index contributed by atoms with van der Waals surface area (Å²) in [5.74, 6) is 0. The van der Waals surface area contributed by atoms with E-state index in [9.17, 15) is 4.79 Å². The molecule has 0 bridgehead atoms. The number of hydrogen-bond acceptors (Lipinski definition) is 5. The number of hydrogen-bond donors (Lipinski definition) is 0. The number of amides is 1. The van der Waals surface area contributed by atoms with Gasteiger partial charge in [-0.15, -0.1) is 5.10 Å². The van der Waals surface area contributed by atoms with Crippen LogP contribution in [0.3, 0.4) is 0 Å². The van der Waals surface area contributed by atoms with E-state index in [0.717, 1.165) is 17.9 Å². The van der Waals surface area contributed by atoms with Crippen molar-refractivity contribution in [3.05, 3.63) is 42.7 Å². The van der Waals surface area contributed by atoms with Crippen LogP contribution in [0.2, 0.25) is 0 Å². The van der Waals surface area contributed by atoms with Gasteiger partial charge in [0.05, 0.1) is 12.4 Å². The summed E-state index contributed by atoms with van der Waals surface area (Å²) in [6, 6.07) is 9.23. The van der Waals surface area contributed by atoms with E-state index in [-0.39, 0.29) is 0 Å². The number of carbonyl (C=O) groups excluding carboxylic acids is 1. The first-order valence-electron chi connectivity index (χ1n) is 4.81. The molecular formula is C10H10N4O2S. The fourth-order valence-corrected chi connectivity index (χ4v) is 1.55. The van der Waals surface area contributed by atoms with E-state index in [4.69, 9.17) is 4.18 Å².